The Bertz CT molecular complexity index is 666. The van der Waals surface area contributed by atoms with Crippen LogP contribution in [0.25, 0.3) is 0 Å². The molecule has 1 fully saturated rings. The van der Waals surface area contributed by atoms with Crippen molar-refractivity contribution in [2.75, 3.05) is 0 Å². The van der Waals surface area contributed by atoms with Crippen LogP contribution in [0.2, 0.25) is 5.04 Å². The molecular formula is C23H30OSi. The summed E-state index contributed by atoms with van der Waals surface area (Å²) in [5.74, 6) is 0.641. The van der Waals surface area contributed by atoms with E-state index in [1.807, 2.05) is 12.1 Å². The molecule has 1 aliphatic rings. The Morgan fingerprint density at radius 1 is 1.00 bits per heavy atom. The van der Waals surface area contributed by atoms with Crippen LogP contribution >= 0.6 is 0 Å². The van der Waals surface area contributed by atoms with E-state index >= 15 is 0 Å². The van der Waals surface area contributed by atoms with E-state index in [1.165, 1.54) is 24.8 Å². The molecule has 0 heterocycles. The highest BCUT2D eigenvalue weighted by Crippen LogP contribution is 2.45. The second kappa shape index (κ2) is 7.31. The van der Waals surface area contributed by atoms with Crippen LogP contribution in [0, 0.1) is 5.92 Å². The van der Waals surface area contributed by atoms with Gasteiger partial charge in [0.25, 0.3) is 8.32 Å². The normalized spacial score (nSPS) is 19.0. The minimum absolute atomic E-state index is 0.141. The highest BCUT2D eigenvalue weighted by Gasteiger charge is 2.50. The zero-order valence-electron chi connectivity index (χ0n) is 15.5. The van der Waals surface area contributed by atoms with Gasteiger partial charge in [0.05, 0.1) is 0 Å². The van der Waals surface area contributed by atoms with Gasteiger partial charge in [-0.2, -0.15) is 0 Å². The Morgan fingerprint density at radius 2 is 1.52 bits per heavy atom. The summed E-state index contributed by atoms with van der Waals surface area (Å²) in [6.45, 7) is 8.77. The minimum Gasteiger partial charge on any atom is -0.424 e. The van der Waals surface area contributed by atoms with Crippen molar-refractivity contribution in [2.45, 2.75) is 51.0 Å². The van der Waals surface area contributed by atoms with E-state index in [4.69, 9.17) is 0 Å². The lowest BCUT2D eigenvalue weighted by Crippen LogP contribution is -2.65. The molecule has 3 rings (SSSR count). The van der Waals surface area contributed by atoms with Crippen molar-refractivity contribution >= 4 is 18.7 Å². The van der Waals surface area contributed by atoms with Gasteiger partial charge in [-0.05, 0) is 53.4 Å². The monoisotopic (exact) mass is 350 g/mol. The maximum Gasteiger partial charge on any atom is 0.258 e. The molecule has 2 aromatic carbocycles. The van der Waals surface area contributed by atoms with Gasteiger partial charge in [-0.15, -0.1) is 0 Å². The second-order valence-corrected chi connectivity index (χ2v) is 12.2. The number of benzene rings is 2. The summed E-state index contributed by atoms with van der Waals surface area (Å²) in [5.41, 5.74) is 1.39. The lowest BCUT2D eigenvalue weighted by molar-refractivity contribution is 0.333. The summed E-state index contributed by atoms with van der Waals surface area (Å²) in [5, 5.41) is 2.08. The first-order chi connectivity index (χ1) is 11.9. The number of hydrogen-bond acceptors (Lipinski definition) is 1. The third-order valence-corrected chi connectivity index (χ3v) is 10.4. The summed E-state index contributed by atoms with van der Waals surface area (Å²) < 4.78 is 0. The average Bonchev–Trinajstić information content (AvgIpc) is 2.62. The minimum atomic E-state index is -2.86. The van der Waals surface area contributed by atoms with Crippen LogP contribution in [0.4, 0.5) is 0 Å². The van der Waals surface area contributed by atoms with Crippen LogP contribution in [0.1, 0.15) is 46.0 Å². The third kappa shape index (κ3) is 3.65. The Hall–Kier alpha value is -1.64. The molecule has 0 spiro atoms. The Balaban J connectivity index is 2.00. The van der Waals surface area contributed by atoms with Gasteiger partial charge in [-0.1, -0.05) is 86.7 Å². The topological polar surface area (TPSA) is 20.2 Å². The van der Waals surface area contributed by atoms with E-state index in [-0.39, 0.29) is 5.04 Å². The molecule has 0 radical (unpaired) electrons. The lowest BCUT2D eigenvalue weighted by atomic mass is 9.81. The molecule has 25 heavy (non-hydrogen) atoms. The van der Waals surface area contributed by atoms with Crippen LogP contribution in [-0.2, 0) is 0 Å². The maximum atomic E-state index is 12.2. The van der Waals surface area contributed by atoms with Crippen molar-refractivity contribution in [3.63, 3.8) is 0 Å². The number of allylic oxidation sites excluding steroid dienone is 1. The molecule has 1 nitrogen and oxygen atoms in total. The van der Waals surface area contributed by atoms with E-state index in [0.717, 1.165) is 23.2 Å². The van der Waals surface area contributed by atoms with Crippen LogP contribution in [0.15, 0.2) is 72.8 Å². The molecule has 2 heteroatoms. The first-order valence-corrected chi connectivity index (χ1v) is 11.4. The van der Waals surface area contributed by atoms with Crippen LogP contribution in [0.3, 0.4) is 0 Å². The van der Waals surface area contributed by atoms with Crippen molar-refractivity contribution in [1.29, 1.82) is 0 Å². The molecule has 1 unspecified atom stereocenters. The Labute approximate surface area is 153 Å². The largest absolute Gasteiger partial charge is 0.424 e. The zero-order valence-corrected chi connectivity index (χ0v) is 16.5. The van der Waals surface area contributed by atoms with E-state index < -0.39 is 8.32 Å². The van der Waals surface area contributed by atoms with Gasteiger partial charge in [-0.3, -0.25) is 0 Å². The predicted molar refractivity (Wildman–Crippen MR) is 110 cm³/mol. The van der Waals surface area contributed by atoms with E-state index in [0.29, 0.717) is 5.92 Å². The van der Waals surface area contributed by atoms with Gasteiger partial charge in [0.2, 0.25) is 0 Å². The molecular weight excluding hydrogens is 320 g/mol. The van der Waals surface area contributed by atoms with Crippen LogP contribution in [-0.4, -0.2) is 13.1 Å². The van der Waals surface area contributed by atoms with Gasteiger partial charge in [0.15, 0.2) is 0 Å². The quantitative estimate of drug-likeness (QED) is 0.614. The molecule has 0 aromatic heterocycles. The van der Waals surface area contributed by atoms with Gasteiger partial charge in [0, 0.05) is 0 Å². The van der Waals surface area contributed by atoms with Crippen LogP contribution < -0.4 is 10.4 Å². The molecule has 1 N–H and O–H groups in total. The maximum absolute atomic E-state index is 12.2. The predicted octanol–water partition coefficient (Wildman–Crippen LogP) is 4.66. The average molecular weight is 351 g/mol. The smallest absolute Gasteiger partial charge is 0.258 e. The highest BCUT2D eigenvalue weighted by molar-refractivity contribution is 6.98. The van der Waals surface area contributed by atoms with Gasteiger partial charge < -0.3 is 4.80 Å². The number of hydrogen-bond donors (Lipinski definition) is 1. The first-order valence-electron chi connectivity index (χ1n) is 9.43. The lowest BCUT2D eigenvalue weighted by Gasteiger charge is -2.44. The SMILES string of the molecule is C=C1CCCC(CC(C)(C)[Si](O)(c2ccccc2)c2ccccc2)C1. The molecule has 0 saturated heterocycles. The fourth-order valence-corrected chi connectivity index (χ4v) is 8.43. The zero-order chi connectivity index (χ0) is 17.9. The third-order valence-electron chi connectivity index (χ3n) is 5.88. The van der Waals surface area contributed by atoms with E-state index in [1.54, 1.807) is 0 Å². The fraction of sp³-hybridized carbons (Fsp3) is 0.391. The molecule has 0 bridgehead atoms. The summed E-state index contributed by atoms with van der Waals surface area (Å²) in [4.78, 5) is 12.2. The Morgan fingerprint density at radius 3 is 2.00 bits per heavy atom. The van der Waals surface area contributed by atoms with Crippen molar-refractivity contribution in [2.24, 2.45) is 5.92 Å². The summed E-state index contributed by atoms with van der Waals surface area (Å²) in [6, 6.07) is 20.7. The summed E-state index contributed by atoms with van der Waals surface area (Å²) in [7, 11) is -2.86. The van der Waals surface area contributed by atoms with Crippen molar-refractivity contribution < 1.29 is 4.80 Å². The van der Waals surface area contributed by atoms with E-state index in [9.17, 15) is 4.80 Å². The van der Waals surface area contributed by atoms with Gasteiger partial charge in [-0.25, -0.2) is 0 Å². The molecule has 1 aliphatic carbocycles. The van der Waals surface area contributed by atoms with Crippen LogP contribution in [0.5, 0.6) is 0 Å². The standard InChI is InChI=1S/C23H30OSi/c1-19-11-10-12-20(17-19)18-23(2,3)25(24,21-13-6-4-7-14-21)22-15-8-5-9-16-22/h4-9,13-16,20,24H,1,10-12,17-18H2,2-3H3. The molecule has 1 saturated carbocycles. The Kier molecular flexibility index (Phi) is 5.31. The number of rotatable bonds is 5. The first kappa shape index (κ1) is 18.2. The highest BCUT2D eigenvalue weighted by atomic mass is 28.4. The molecule has 132 valence electrons. The van der Waals surface area contributed by atoms with Gasteiger partial charge >= 0.3 is 0 Å². The van der Waals surface area contributed by atoms with Crippen molar-refractivity contribution in [3.05, 3.63) is 72.8 Å². The molecule has 0 amide bonds. The fourth-order valence-electron chi connectivity index (χ4n) is 4.60. The van der Waals surface area contributed by atoms with Gasteiger partial charge in [0.1, 0.15) is 0 Å². The van der Waals surface area contributed by atoms with Crippen molar-refractivity contribution in [1.82, 2.24) is 0 Å². The van der Waals surface area contributed by atoms with Crippen molar-refractivity contribution in [3.8, 4) is 0 Å². The molecule has 2 aromatic rings. The second-order valence-electron chi connectivity index (χ2n) is 8.24. The summed E-state index contributed by atoms with van der Waals surface area (Å²) >= 11 is 0. The van der Waals surface area contributed by atoms with E-state index in [2.05, 4.69) is 69.0 Å². The summed E-state index contributed by atoms with van der Waals surface area (Å²) in [6.07, 6.45) is 5.86. The molecule has 0 aliphatic heterocycles. The molecule has 1 atom stereocenters.